The van der Waals surface area contributed by atoms with Crippen LogP contribution in [0.15, 0.2) is 40.8 Å². The minimum absolute atomic E-state index is 0.0491. The molecule has 1 amide bonds. The lowest BCUT2D eigenvalue weighted by Crippen LogP contribution is -2.43. The fourth-order valence-electron chi connectivity index (χ4n) is 2.82. The molecule has 1 atom stereocenters. The molecule has 0 saturated carbocycles. The molecule has 2 heterocycles. The molecule has 1 aliphatic heterocycles. The summed E-state index contributed by atoms with van der Waals surface area (Å²) in [4.78, 5) is 14.5. The molecule has 1 aromatic heterocycles. The van der Waals surface area contributed by atoms with Crippen molar-refractivity contribution < 1.29 is 18.3 Å². The van der Waals surface area contributed by atoms with E-state index in [0.29, 0.717) is 25.3 Å². The zero-order valence-corrected chi connectivity index (χ0v) is 13.6. The highest BCUT2D eigenvalue weighted by Gasteiger charge is 2.25. The van der Waals surface area contributed by atoms with Gasteiger partial charge in [0, 0.05) is 25.2 Å². The number of ether oxygens (including phenoxy) is 1. The molecule has 24 heavy (non-hydrogen) atoms. The summed E-state index contributed by atoms with van der Waals surface area (Å²) in [7, 11) is 0. The molecule has 128 valence electrons. The predicted octanol–water partition coefficient (Wildman–Crippen LogP) is 2.53. The maximum absolute atomic E-state index is 13.0. The monoisotopic (exact) mass is 332 g/mol. The summed E-state index contributed by atoms with van der Waals surface area (Å²) in [5.74, 6) is 1.09. The lowest BCUT2D eigenvalue weighted by Gasteiger charge is -2.33. The standard InChI is InChI=1S/C18H21FN2O3/c1-13-2-7-17(24-13)16(21-8-10-23-11-9-21)12-20-18(22)14-3-5-15(19)6-4-14/h2-7,16H,8-12H2,1H3,(H,20,22). The van der Waals surface area contributed by atoms with E-state index in [4.69, 9.17) is 9.15 Å². The van der Waals surface area contributed by atoms with Gasteiger partial charge >= 0.3 is 0 Å². The van der Waals surface area contributed by atoms with Crippen LogP contribution in [0.2, 0.25) is 0 Å². The molecule has 0 spiro atoms. The van der Waals surface area contributed by atoms with Gasteiger partial charge < -0.3 is 14.5 Å². The van der Waals surface area contributed by atoms with Crippen LogP contribution in [0.25, 0.3) is 0 Å². The molecular formula is C18H21FN2O3. The lowest BCUT2D eigenvalue weighted by molar-refractivity contribution is 0.0117. The number of rotatable bonds is 5. The van der Waals surface area contributed by atoms with Crippen LogP contribution in [0.5, 0.6) is 0 Å². The Kier molecular flexibility index (Phi) is 5.27. The van der Waals surface area contributed by atoms with E-state index >= 15 is 0 Å². The van der Waals surface area contributed by atoms with Crippen LogP contribution in [0.4, 0.5) is 4.39 Å². The maximum Gasteiger partial charge on any atom is 0.251 e. The molecule has 0 aliphatic carbocycles. The van der Waals surface area contributed by atoms with Gasteiger partial charge in [-0.25, -0.2) is 4.39 Å². The van der Waals surface area contributed by atoms with Gasteiger partial charge in [0.25, 0.3) is 5.91 Å². The smallest absolute Gasteiger partial charge is 0.251 e. The van der Waals surface area contributed by atoms with Gasteiger partial charge in [0.05, 0.1) is 19.3 Å². The number of carbonyl (C=O) groups is 1. The van der Waals surface area contributed by atoms with E-state index in [2.05, 4.69) is 10.2 Å². The van der Waals surface area contributed by atoms with E-state index in [9.17, 15) is 9.18 Å². The molecule has 1 fully saturated rings. The van der Waals surface area contributed by atoms with Gasteiger partial charge in [-0.1, -0.05) is 0 Å². The van der Waals surface area contributed by atoms with Crippen molar-refractivity contribution in [1.29, 1.82) is 0 Å². The number of morpholine rings is 1. The predicted molar refractivity (Wildman–Crippen MR) is 87.3 cm³/mol. The zero-order chi connectivity index (χ0) is 16.9. The normalized spacial score (nSPS) is 16.8. The van der Waals surface area contributed by atoms with E-state index in [1.165, 1.54) is 24.3 Å². The van der Waals surface area contributed by atoms with E-state index in [1.54, 1.807) is 0 Å². The van der Waals surface area contributed by atoms with Crippen molar-refractivity contribution in [2.75, 3.05) is 32.8 Å². The third kappa shape index (κ3) is 4.01. The molecular weight excluding hydrogens is 311 g/mol. The lowest BCUT2D eigenvalue weighted by atomic mass is 10.1. The van der Waals surface area contributed by atoms with Gasteiger partial charge in [0.15, 0.2) is 0 Å². The number of amides is 1. The number of nitrogens with zero attached hydrogens (tertiary/aromatic N) is 1. The van der Waals surface area contributed by atoms with E-state index in [1.807, 2.05) is 19.1 Å². The Morgan fingerprint density at radius 2 is 1.92 bits per heavy atom. The van der Waals surface area contributed by atoms with Crippen LogP contribution in [0, 0.1) is 12.7 Å². The van der Waals surface area contributed by atoms with Crippen molar-refractivity contribution in [2.45, 2.75) is 13.0 Å². The van der Waals surface area contributed by atoms with Crippen LogP contribution in [-0.4, -0.2) is 43.7 Å². The molecule has 1 saturated heterocycles. The van der Waals surface area contributed by atoms with Crippen molar-refractivity contribution in [3.05, 3.63) is 59.3 Å². The second-order valence-corrected chi connectivity index (χ2v) is 5.83. The van der Waals surface area contributed by atoms with Gasteiger partial charge in [-0.15, -0.1) is 0 Å². The third-order valence-electron chi connectivity index (χ3n) is 4.14. The SMILES string of the molecule is Cc1ccc(C(CNC(=O)c2ccc(F)cc2)N2CCOCC2)o1. The van der Waals surface area contributed by atoms with E-state index < -0.39 is 0 Å². The fourth-order valence-corrected chi connectivity index (χ4v) is 2.82. The molecule has 3 rings (SSSR count). The van der Waals surface area contributed by atoms with Crippen molar-refractivity contribution in [3.8, 4) is 0 Å². The number of nitrogens with one attached hydrogen (secondary N) is 1. The summed E-state index contributed by atoms with van der Waals surface area (Å²) < 4.78 is 24.1. The van der Waals surface area contributed by atoms with Gasteiger partial charge in [-0.3, -0.25) is 9.69 Å². The summed E-state index contributed by atoms with van der Waals surface area (Å²) in [5.41, 5.74) is 0.438. The highest BCUT2D eigenvalue weighted by molar-refractivity contribution is 5.94. The summed E-state index contributed by atoms with van der Waals surface area (Å²) >= 11 is 0. The highest BCUT2D eigenvalue weighted by atomic mass is 19.1. The number of aryl methyl sites for hydroxylation is 1. The number of halogens is 1. The first kappa shape index (κ1) is 16.7. The van der Waals surface area contributed by atoms with Crippen molar-refractivity contribution in [3.63, 3.8) is 0 Å². The molecule has 0 radical (unpaired) electrons. The molecule has 1 aliphatic rings. The highest BCUT2D eigenvalue weighted by Crippen LogP contribution is 2.23. The first-order valence-electron chi connectivity index (χ1n) is 8.05. The van der Waals surface area contributed by atoms with Gasteiger partial charge in [-0.05, 0) is 43.3 Å². The largest absolute Gasteiger partial charge is 0.465 e. The quantitative estimate of drug-likeness (QED) is 0.914. The van der Waals surface area contributed by atoms with Gasteiger partial charge in [0.1, 0.15) is 17.3 Å². The van der Waals surface area contributed by atoms with Crippen LogP contribution >= 0.6 is 0 Å². The van der Waals surface area contributed by atoms with Crippen molar-refractivity contribution in [1.82, 2.24) is 10.2 Å². The Morgan fingerprint density at radius 1 is 1.21 bits per heavy atom. The van der Waals surface area contributed by atoms with Crippen LogP contribution in [0.1, 0.15) is 27.9 Å². The summed E-state index contributed by atoms with van der Waals surface area (Å²) in [5, 5.41) is 2.92. The number of hydrogen-bond donors (Lipinski definition) is 1. The van der Waals surface area contributed by atoms with Crippen LogP contribution < -0.4 is 5.32 Å². The molecule has 5 nitrogen and oxygen atoms in total. The van der Waals surface area contributed by atoms with Gasteiger partial charge in [0.2, 0.25) is 0 Å². The maximum atomic E-state index is 13.0. The fraction of sp³-hybridized carbons (Fsp3) is 0.389. The zero-order valence-electron chi connectivity index (χ0n) is 13.6. The summed E-state index contributed by atoms with van der Waals surface area (Å²) in [6.07, 6.45) is 0. The topological polar surface area (TPSA) is 54.7 Å². The van der Waals surface area contributed by atoms with Crippen LogP contribution in [-0.2, 0) is 4.74 Å². The Labute approximate surface area is 140 Å². The Hall–Kier alpha value is -2.18. The Balaban J connectivity index is 1.69. The molecule has 0 bridgehead atoms. The second-order valence-electron chi connectivity index (χ2n) is 5.83. The molecule has 1 N–H and O–H groups in total. The average molecular weight is 332 g/mol. The van der Waals surface area contributed by atoms with Crippen molar-refractivity contribution in [2.24, 2.45) is 0 Å². The summed E-state index contributed by atoms with van der Waals surface area (Å²) in [6.45, 7) is 5.23. The number of hydrogen-bond acceptors (Lipinski definition) is 4. The molecule has 1 unspecified atom stereocenters. The van der Waals surface area contributed by atoms with Crippen molar-refractivity contribution >= 4 is 5.91 Å². The molecule has 6 heteroatoms. The molecule has 2 aromatic rings. The van der Waals surface area contributed by atoms with Crippen LogP contribution in [0.3, 0.4) is 0 Å². The minimum atomic E-state index is -0.358. The second kappa shape index (κ2) is 7.59. The minimum Gasteiger partial charge on any atom is -0.465 e. The van der Waals surface area contributed by atoms with Gasteiger partial charge in [-0.2, -0.15) is 0 Å². The first-order valence-corrected chi connectivity index (χ1v) is 8.05. The molecule has 1 aromatic carbocycles. The number of furan rings is 1. The van der Waals surface area contributed by atoms with E-state index in [-0.39, 0.29) is 17.8 Å². The Morgan fingerprint density at radius 3 is 2.54 bits per heavy atom. The first-order chi connectivity index (χ1) is 11.6. The summed E-state index contributed by atoms with van der Waals surface area (Å²) in [6, 6.07) is 9.34. The number of benzene rings is 1. The third-order valence-corrected chi connectivity index (χ3v) is 4.14. The van der Waals surface area contributed by atoms with E-state index in [0.717, 1.165) is 24.6 Å². The Bertz CT molecular complexity index is 678. The average Bonchev–Trinajstić information content (AvgIpc) is 3.02. The number of carbonyl (C=O) groups excluding carboxylic acids is 1.